The van der Waals surface area contributed by atoms with Crippen LogP contribution in [0, 0.1) is 0 Å². The Kier molecular flexibility index (Phi) is 4.59. The molecule has 0 aliphatic carbocycles. The minimum Gasteiger partial charge on any atom is -0.497 e. The van der Waals surface area contributed by atoms with Crippen LogP contribution in [0.4, 0.5) is 0 Å². The Balaban J connectivity index is 1.36. The molecule has 134 valence electrons. The third-order valence-electron chi connectivity index (χ3n) is 4.87. The number of carbonyl (C=O) groups is 2. The fourth-order valence-electron chi connectivity index (χ4n) is 3.48. The van der Waals surface area contributed by atoms with E-state index in [0.29, 0.717) is 12.3 Å². The number of hydrogen-bond donors (Lipinski definition) is 1. The van der Waals surface area contributed by atoms with Gasteiger partial charge in [0.2, 0.25) is 5.91 Å². The van der Waals surface area contributed by atoms with Crippen LogP contribution >= 0.6 is 11.8 Å². The molecule has 2 aromatic rings. The molecule has 0 radical (unpaired) electrons. The van der Waals surface area contributed by atoms with E-state index in [1.54, 1.807) is 23.8 Å². The average molecular weight is 368 g/mol. The van der Waals surface area contributed by atoms with Crippen LogP contribution in [0.1, 0.15) is 26.9 Å². The number of thioether (sulfide) groups is 1. The second kappa shape index (κ2) is 7.03. The van der Waals surface area contributed by atoms with E-state index in [0.717, 1.165) is 28.9 Å². The van der Waals surface area contributed by atoms with E-state index in [2.05, 4.69) is 5.32 Å². The number of amides is 2. The van der Waals surface area contributed by atoms with Gasteiger partial charge in [0.15, 0.2) is 0 Å². The average Bonchev–Trinajstić information content (AvgIpc) is 3.23. The molecule has 1 N–H and O–H groups in total. The molecule has 2 atom stereocenters. The van der Waals surface area contributed by atoms with Crippen molar-refractivity contribution >= 4 is 23.6 Å². The molecule has 2 aromatic carbocycles. The second-order valence-corrected chi connectivity index (χ2v) is 7.50. The van der Waals surface area contributed by atoms with Crippen LogP contribution in [0.3, 0.4) is 0 Å². The first kappa shape index (κ1) is 17.0. The van der Waals surface area contributed by atoms with Gasteiger partial charge in [-0.1, -0.05) is 30.3 Å². The van der Waals surface area contributed by atoms with E-state index >= 15 is 0 Å². The highest BCUT2D eigenvalue weighted by Crippen LogP contribution is 2.47. The van der Waals surface area contributed by atoms with Crippen molar-refractivity contribution in [2.75, 3.05) is 19.4 Å². The quantitative estimate of drug-likeness (QED) is 0.881. The van der Waals surface area contributed by atoms with Gasteiger partial charge >= 0.3 is 0 Å². The van der Waals surface area contributed by atoms with E-state index in [4.69, 9.17) is 4.74 Å². The van der Waals surface area contributed by atoms with Crippen LogP contribution in [-0.4, -0.2) is 42.2 Å². The highest BCUT2D eigenvalue weighted by Gasteiger charge is 2.48. The molecule has 1 saturated heterocycles. The van der Waals surface area contributed by atoms with Crippen molar-refractivity contribution in [2.45, 2.75) is 17.8 Å². The monoisotopic (exact) mass is 368 g/mol. The smallest absolute Gasteiger partial charge is 0.256 e. The summed E-state index contributed by atoms with van der Waals surface area (Å²) in [5.41, 5.74) is 2.88. The highest BCUT2D eigenvalue weighted by molar-refractivity contribution is 7.99. The summed E-state index contributed by atoms with van der Waals surface area (Å²) in [6.07, 6.45) is 0.743. The summed E-state index contributed by atoms with van der Waals surface area (Å²) in [5.74, 6) is 1.35. The van der Waals surface area contributed by atoms with Crippen molar-refractivity contribution in [1.82, 2.24) is 10.2 Å². The second-order valence-electron chi connectivity index (χ2n) is 6.39. The Bertz CT molecular complexity index is 837. The van der Waals surface area contributed by atoms with E-state index in [9.17, 15) is 9.59 Å². The fourth-order valence-corrected chi connectivity index (χ4v) is 4.95. The first-order valence-corrected chi connectivity index (χ1v) is 9.68. The van der Waals surface area contributed by atoms with Crippen LogP contribution in [0.15, 0.2) is 48.5 Å². The Morgan fingerprint density at radius 1 is 1.23 bits per heavy atom. The summed E-state index contributed by atoms with van der Waals surface area (Å²) in [4.78, 5) is 27.0. The number of methoxy groups -OCH3 is 1. The van der Waals surface area contributed by atoms with Crippen molar-refractivity contribution in [3.05, 3.63) is 65.2 Å². The van der Waals surface area contributed by atoms with Crippen LogP contribution in [0.2, 0.25) is 0 Å². The minimum atomic E-state index is -0.402. The Morgan fingerprint density at radius 2 is 2.00 bits per heavy atom. The summed E-state index contributed by atoms with van der Waals surface area (Å²) < 4.78 is 5.15. The Morgan fingerprint density at radius 3 is 2.77 bits per heavy atom. The molecule has 0 spiro atoms. The Labute approximate surface area is 156 Å². The molecule has 1 fully saturated rings. The summed E-state index contributed by atoms with van der Waals surface area (Å²) >= 11 is 1.66. The van der Waals surface area contributed by atoms with Gasteiger partial charge in [0.05, 0.1) is 7.11 Å². The number of benzene rings is 2. The van der Waals surface area contributed by atoms with Gasteiger partial charge in [-0.25, -0.2) is 0 Å². The lowest BCUT2D eigenvalue weighted by molar-refractivity contribution is -0.124. The molecule has 26 heavy (non-hydrogen) atoms. The third kappa shape index (κ3) is 2.94. The molecule has 2 aliphatic heterocycles. The van der Waals surface area contributed by atoms with E-state index in [-0.39, 0.29) is 17.2 Å². The standard InChI is InChI=1S/C20H20N2O3S/c1-25-14-8-6-13(7-9-14)10-11-21-18(23)17-12-26-20-16-5-3-2-4-15(16)19(24)22(17)20/h2-9,17,20H,10-12H2,1H3,(H,21,23)/t17-,20-/m1/s1. The van der Waals surface area contributed by atoms with E-state index < -0.39 is 6.04 Å². The van der Waals surface area contributed by atoms with Gasteiger partial charge in [-0.2, -0.15) is 0 Å². The SMILES string of the molecule is COc1ccc(CCNC(=O)[C@H]2CS[C@@H]3c4ccccc4C(=O)N23)cc1. The molecular formula is C20H20N2O3S. The number of ether oxygens (including phenoxy) is 1. The Hall–Kier alpha value is -2.47. The van der Waals surface area contributed by atoms with Crippen LogP contribution in [0.25, 0.3) is 0 Å². The third-order valence-corrected chi connectivity index (χ3v) is 6.17. The van der Waals surface area contributed by atoms with Gasteiger partial charge in [0.25, 0.3) is 5.91 Å². The van der Waals surface area contributed by atoms with Crippen molar-refractivity contribution in [1.29, 1.82) is 0 Å². The first-order valence-electron chi connectivity index (χ1n) is 8.63. The fraction of sp³-hybridized carbons (Fsp3) is 0.300. The van der Waals surface area contributed by atoms with Gasteiger partial charge in [-0.05, 0) is 35.7 Å². The van der Waals surface area contributed by atoms with Crippen molar-refractivity contribution < 1.29 is 14.3 Å². The largest absolute Gasteiger partial charge is 0.497 e. The maximum Gasteiger partial charge on any atom is 0.256 e. The highest BCUT2D eigenvalue weighted by atomic mass is 32.2. The maximum atomic E-state index is 12.7. The summed E-state index contributed by atoms with van der Waals surface area (Å²) in [7, 11) is 1.64. The number of rotatable bonds is 5. The normalized spacial score (nSPS) is 20.7. The summed E-state index contributed by atoms with van der Waals surface area (Å²) in [6.45, 7) is 0.548. The summed E-state index contributed by atoms with van der Waals surface area (Å²) in [5, 5.41) is 2.95. The molecular weight excluding hydrogens is 348 g/mol. The van der Waals surface area contributed by atoms with Gasteiger partial charge < -0.3 is 15.0 Å². The first-order chi connectivity index (χ1) is 12.7. The van der Waals surface area contributed by atoms with Crippen molar-refractivity contribution in [2.24, 2.45) is 0 Å². The summed E-state index contributed by atoms with van der Waals surface area (Å²) in [6, 6.07) is 15.0. The minimum absolute atomic E-state index is 0.0314. The zero-order valence-corrected chi connectivity index (χ0v) is 15.3. The van der Waals surface area contributed by atoms with Gasteiger partial charge in [-0.3, -0.25) is 9.59 Å². The number of fused-ring (bicyclic) bond motifs is 3. The predicted octanol–water partition coefficient (Wildman–Crippen LogP) is 2.62. The lowest BCUT2D eigenvalue weighted by Gasteiger charge is -2.22. The zero-order chi connectivity index (χ0) is 18.1. The topological polar surface area (TPSA) is 58.6 Å². The van der Waals surface area contributed by atoms with E-state index in [1.165, 1.54) is 0 Å². The lowest BCUT2D eigenvalue weighted by atomic mass is 10.1. The molecule has 4 rings (SSSR count). The van der Waals surface area contributed by atoms with Crippen LogP contribution < -0.4 is 10.1 Å². The van der Waals surface area contributed by atoms with Crippen LogP contribution in [0.5, 0.6) is 5.75 Å². The zero-order valence-electron chi connectivity index (χ0n) is 14.5. The molecule has 5 nitrogen and oxygen atoms in total. The van der Waals surface area contributed by atoms with Gasteiger partial charge in [0.1, 0.15) is 17.2 Å². The molecule has 0 saturated carbocycles. The molecule has 0 aromatic heterocycles. The van der Waals surface area contributed by atoms with Gasteiger partial charge in [-0.15, -0.1) is 11.8 Å². The van der Waals surface area contributed by atoms with Crippen molar-refractivity contribution in [3.63, 3.8) is 0 Å². The predicted molar refractivity (Wildman–Crippen MR) is 101 cm³/mol. The molecule has 2 heterocycles. The molecule has 6 heteroatoms. The molecule has 2 aliphatic rings. The van der Waals surface area contributed by atoms with Gasteiger partial charge in [0, 0.05) is 17.9 Å². The maximum absolute atomic E-state index is 12.7. The molecule has 0 unspecified atom stereocenters. The molecule has 0 bridgehead atoms. The van der Waals surface area contributed by atoms with Crippen LogP contribution in [-0.2, 0) is 11.2 Å². The number of nitrogens with zero attached hydrogens (tertiary/aromatic N) is 1. The van der Waals surface area contributed by atoms with Crippen molar-refractivity contribution in [3.8, 4) is 5.75 Å². The number of nitrogens with one attached hydrogen (secondary N) is 1. The number of hydrogen-bond acceptors (Lipinski definition) is 4. The van der Waals surface area contributed by atoms with E-state index in [1.807, 2.05) is 48.5 Å². The number of carbonyl (C=O) groups excluding carboxylic acids is 2. The molecule has 2 amide bonds. The lowest BCUT2D eigenvalue weighted by Crippen LogP contribution is -2.46.